The lowest BCUT2D eigenvalue weighted by Crippen LogP contribution is -2.29. The summed E-state index contributed by atoms with van der Waals surface area (Å²) in [5.74, 6) is 0.192. The van der Waals surface area contributed by atoms with Crippen LogP contribution in [-0.2, 0) is 0 Å². The number of likely N-dealkylation sites (tertiary alicyclic amines) is 1. The van der Waals surface area contributed by atoms with Crippen LogP contribution in [0.5, 0.6) is 0 Å². The third-order valence-electron chi connectivity index (χ3n) is 2.59. The van der Waals surface area contributed by atoms with Gasteiger partial charge in [0.1, 0.15) is 6.17 Å². The Morgan fingerprint density at radius 1 is 1.50 bits per heavy atom. The molecule has 1 fully saturated rings. The van der Waals surface area contributed by atoms with Gasteiger partial charge in [0.05, 0.1) is 0 Å². The van der Waals surface area contributed by atoms with E-state index in [-0.39, 0.29) is 5.92 Å². The molecule has 0 aliphatic carbocycles. The number of halogens is 1. The van der Waals surface area contributed by atoms with Crippen molar-refractivity contribution in [1.82, 2.24) is 10.2 Å². The van der Waals surface area contributed by atoms with E-state index < -0.39 is 6.17 Å². The minimum atomic E-state index is -0.639. The molecule has 0 saturated carbocycles. The zero-order valence-electron chi connectivity index (χ0n) is 8.18. The molecule has 0 aromatic heterocycles. The average Bonchev–Trinajstić information content (AvgIpc) is 2.34. The fourth-order valence-corrected chi connectivity index (χ4v) is 1.74. The summed E-state index contributed by atoms with van der Waals surface area (Å²) in [6.07, 6.45) is -0.639. The lowest BCUT2D eigenvalue weighted by atomic mass is 10.1. The first kappa shape index (κ1) is 9.93. The van der Waals surface area contributed by atoms with E-state index in [9.17, 15) is 4.39 Å². The fourth-order valence-electron chi connectivity index (χ4n) is 1.74. The van der Waals surface area contributed by atoms with Crippen LogP contribution in [-0.4, -0.2) is 43.8 Å². The van der Waals surface area contributed by atoms with Crippen molar-refractivity contribution in [1.29, 1.82) is 0 Å². The van der Waals surface area contributed by atoms with Gasteiger partial charge in [0.25, 0.3) is 0 Å². The first-order valence-electron chi connectivity index (χ1n) is 4.68. The number of nitrogens with one attached hydrogen (secondary N) is 1. The van der Waals surface area contributed by atoms with Crippen molar-refractivity contribution < 1.29 is 4.39 Å². The monoisotopic (exact) mass is 174 g/mol. The number of rotatable bonds is 3. The SMILES string of the molecule is CNCC1CN(C(C)C)CC1F. The Bertz CT molecular complexity index is 138. The Kier molecular flexibility index (Phi) is 3.47. The maximum atomic E-state index is 13.3. The molecule has 72 valence electrons. The molecule has 3 heteroatoms. The molecule has 0 aromatic carbocycles. The van der Waals surface area contributed by atoms with Gasteiger partial charge in [0, 0.05) is 31.6 Å². The van der Waals surface area contributed by atoms with Gasteiger partial charge < -0.3 is 5.32 Å². The molecule has 1 heterocycles. The molecule has 2 atom stereocenters. The van der Waals surface area contributed by atoms with Gasteiger partial charge in [-0.1, -0.05) is 0 Å². The third kappa shape index (κ3) is 2.17. The second kappa shape index (κ2) is 4.19. The second-order valence-corrected chi connectivity index (χ2v) is 3.88. The Balaban J connectivity index is 2.39. The normalized spacial score (nSPS) is 31.8. The average molecular weight is 174 g/mol. The molecular weight excluding hydrogens is 155 g/mol. The summed E-state index contributed by atoms with van der Waals surface area (Å²) < 4.78 is 13.3. The highest BCUT2D eigenvalue weighted by Crippen LogP contribution is 2.20. The van der Waals surface area contributed by atoms with Crippen molar-refractivity contribution in [3.8, 4) is 0 Å². The zero-order chi connectivity index (χ0) is 9.14. The van der Waals surface area contributed by atoms with Gasteiger partial charge in [-0.25, -0.2) is 4.39 Å². The van der Waals surface area contributed by atoms with Gasteiger partial charge in [0.2, 0.25) is 0 Å². The molecule has 1 rings (SSSR count). The number of hydrogen-bond donors (Lipinski definition) is 1. The first-order chi connectivity index (χ1) is 5.65. The summed E-state index contributed by atoms with van der Waals surface area (Å²) in [5, 5.41) is 3.03. The van der Waals surface area contributed by atoms with Crippen molar-refractivity contribution in [3.05, 3.63) is 0 Å². The Hall–Kier alpha value is -0.150. The molecule has 0 amide bonds. The van der Waals surface area contributed by atoms with E-state index in [0.717, 1.165) is 13.1 Å². The maximum absolute atomic E-state index is 13.3. The molecule has 0 bridgehead atoms. The summed E-state index contributed by atoms with van der Waals surface area (Å²) >= 11 is 0. The molecule has 2 unspecified atom stereocenters. The minimum Gasteiger partial charge on any atom is -0.319 e. The maximum Gasteiger partial charge on any atom is 0.118 e. The second-order valence-electron chi connectivity index (χ2n) is 3.88. The molecule has 0 spiro atoms. The zero-order valence-corrected chi connectivity index (χ0v) is 8.18. The number of nitrogens with zero attached hydrogens (tertiary/aromatic N) is 1. The van der Waals surface area contributed by atoms with Gasteiger partial charge in [-0.15, -0.1) is 0 Å². The molecule has 12 heavy (non-hydrogen) atoms. The van der Waals surface area contributed by atoms with Gasteiger partial charge in [-0.05, 0) is 20.9 Å². The predicted octanol–water partition coefficient (Wildman–Crippen LogP) is 0.884. The lowest BCUT2D eigenvalue weighted by Gasteiger charge is -2.19. The van der Waals surface area contributed by atoms with Crippen LogP contribution < -0.4 is 5.32 Å². The summed E-state index contributed by atoms with van der Waals surface area (Å²) in [4.78, 5) is 2.20. The molecule has 2 nitrogen and oxygen atoms in total. The van der Waals surface area contributed by atoms with E-state index in [1.807, 2.05) is 7.05 Å². The fraction of sp³-hybridized carbons (Fsp3) is 1.00. The van der Waals surface area contributed by atoms with Crippen LogP contribution in [0.3, 0.4) is 0 Å². The Labute approximate surface area is 74.1 Å². The smallest absolute Gasteiger partial charge is 0.118 e. The Morgan fingerprint density at radius 2 is 2.17 bits per heavy atom. The third-order valence-corrected chi connectivity index (χ3v) is 2.59. The molecular formula is C9H19FN2. The van der Waals surface area contributed by atoms with Gasteiger partial charge in [-0.2, -0.15) is 0 Å². The van der Waals surface area contributed by atoms with Crippen LogP contribution in [0.1, 0.15) is 13.8 Å². The molecule has 1 aliphatic rings. The van der Waals surface area contributed by atoms with Crippen molar-refractivity contribution in [3.63, 3.8) is 0 Å². The van der Waals surface area contributed by atoms with E-state index in [0.29, 0.717) is 12.6 Å². The first-order valence-corrected chi connectivity index (χ1v) is 4.68. The topological polar surface area (TPSA) is 15.3 Å². The quantitative estimate of drug-likeness (QED) is 0.683. The molecule has 1 aliphatic heterocycles. The summed E-state index contributed by atoms with van der Waals surface area (Å²) in [6, 6.07) is 0.477. The van der Waals surface area contributed by atoms with Crippen LogP contribution in [0, 0.1) is 5.92 Å². The van der Waals surface area contributed by atoms with Gasteiger partial charge in [-0.3, -0.25) is 4.90 Å². The van der Waals surface area contributed by atoms with Crippen molar-refractivity contribution >= 4 is 0 Å². The van der Waals surface area contributed by atoms with Gasteiger partial charge in [0.15, 0.2) is 0 Å². The summed E-state index contributed by atoms with van der Waals surface area (Å²) in [7, 11) is 1.88. The van der Waals surface area contributed by atoms with Crippen LogP contribution in [0.25, 0.3) is 0 Å². The van der Waals surface area contributed by atoms with Crippen molar-refractivity contribution in [2.75, 3.05) is 26.7 Å². The minimum absolute atomic E-state index is 0.192. The van der Waals surface area contributed by atoms with Crippen LogP contribution in [0.4, 0.5) is 4.39 Å². The van der Waals surface area contributed by atoms with Crippen LogP contribution >= 0.6 is 0 Å². The van der Waals surface area contributed by atoms with E-state index in [2.05, 4.69) is 24.1 Å². The number of hydrogen-bond acceptors (Lipinski definition) is 2. The van der Waals surface area contributed by atoms with Crippen molar-refractivity contribution in [2.24, 2.45) is 5.92 Å². The van der Waals surface area contributed by atoms with Gasteiger partial charge >= 0.3 is 0 Å². The molecule has 1 saturated heterocycles. The largest absolute Gasteiger partial charge is 0.319 e. The van der Waals surface area contributed by atoms with Crippen LogP contribution in [0.2, 0.25) is 0 Å². The van der Waals surface area contributed by atoms with Crippen LogP contribution in [0.15, 0.2) is 0 Å². The molecule has 0 radical (unpaired) electrons. The highest BCUT2D eigenvalue weighted by atomic mass is 19.1. The predicted molar refractivity (Wildman–Crippen MR) is 49.0 cm³/mol. The summed E-state index contributed by atoms with van der Waals surface area (Å²) in [6.45, 7) is 6.55. The van der Waals surface area contributed by atoms with E-state index in [4.69, 9.17) is 0 Å². The molecule has 1 N–H and O–H groups in total. The van der Waals surface area contributed by atoms with Crippen molar-refractivity contribution in [2.45, 2.75) is 26.1 Å². The highest BCUT2D eigenvalue weighted by molar-refractivity contribution is 4.86. The summed E-state index contributed by atoms with van der Waals surface area (Å²) in [5.41, 5.74) is 0. The Morgan fingerprint density at radius 3 is 2.58 bits per heavy atom. The highest BCUT2D eigenvalue weighted by Gasteiger charge is 2.32. The number of alkyl halides is 1. The van der Waals surface area contributed by atoms with E-state index in [1.165, 1.54) is 0 Å². The standard InChI is InChI=1S/C9H19FN2/c1-7(2)12-5-8(4-11-3)9(10)6-12/h7-9,11H,4-6H2,1-3H3. The van der Waals surface area contributed by atoms with E-state index in [1.54, 1.807) is 0 Å². The van der Waals surface area contributed by atoms with E-state index >= 15 is 0 Å². The molecule has 0 aromatic rings. The lowest BCUT2D eigenvalue weighted by molar-refractivity contribution is 0.244.